The van der Waals surface area contributed by atoms with E-state index in [1.807, 2.05) is 45.0 Å². The summed E-state index contributed by atoms with van der Waals surface area (Å²) in [4.78, 5) is 22.9. The average molecular weight is 451 g/mol. The SMILES string of the molecule is CC(C)(C)ONC(=O)C1CC(CSc2ccc(Oc3ccc(Cl)cn3)cc2)CCO1. The van der Waals surface area contributed by atoms with Crippen LogP contribution in [0.2, 0.25) is 5.02 Å². The van der Waals surface area contributed by atoms with E-state index < -0.39 is 11.7 Å². The third-order valence-electron chi connectivity index (χ3n) is 4.37. The second-order valence-electron chi connectivity index (χ2n) is 8.13. The molecule has 1 aliphatic rings. The van der Waals surface area contributed by atoms with Gasteiger partial charge in [0.1, 0.15) is 11.9 Å². The molecule has 0 aliphatic carbocycles. The number of amides is 1. The van der Waals surface area contributed by atoms with Gasteiger partial charge in [0.15, 0.2) is 0 Å². The first kappa shape index (κ1) is 22.9. The Balaban J connectivity index is 1.45. The summed E-state index contributed by atoms with van der Waals surface area (Å²) in [5, 5.41) is 0.573. The van der Waals surface area contributed by atoms with Crippen LogP contribution in [0.1, 0.15) is 33.6 Å². The van der Waals surface area contributed by atoms with Crippen molar-refractivity contribution in [1.82, 2.24) is 10.5 Å². The highest BCUT2D eigenvalue weighted by Gasteiger charge is 2.29. The van der Waals surface area contributed by atoms with Gasteiger partial charge >= 0.3 is 0 Å². The number of carbonyl (C=O) groups excluding carboxylic acids is 1. The number of pyridine rings is 1. The standard InChI is InChI=1S/C22H27ClN2O4S/c1-22(2,3)29-25-21(26)19-12-15(10-11-27-19)14-30-18-7-5-17(6-8-18)28-20-9-4-16(23)13-24-20/h4-9,13,15,19H,10-12,14H2,1-3H3,(H,25,26). The summed E-state index contributed by atoms with van der Waals surface area (Å²) in [6.07, 6.45) is 2.72. The zero-order valence-electron chi connectivity index (χ0n) is 17.4. The van der Waals surface area contributed by atoms with Gasteiger partial charge in [-0.15, -0.1) is 11.8 Å². The number of ether oxygens (including phenoxy) is 2. The second-order valence-corrected chi connectivity index (χ2v) is 9.66. The maximum absolute atomic E-state index is 12.3. The quantitative estimate of drug-likeness (QED) is 0.458. The van der Waals surface area contributed by atoms with Gasteiger partial charge in [-0.2, -0.15) is 0 Å². The topological polar surface area (TPSA) is 69.7 Å². The Kier molecular flexibility index (Phi) is 7.99. The van der Waals surface area contributed by atoms with Crippen LogP contribution in [0.4, 0.5) is 0 Å². The molecule has 6 nitrogen and oxygen atoms in total. The fourth-order valence-corrected chi connectivity index (χ4v) is 4.00. The molecular formula is C22H27ClN2O4S. The van der Waals surface area contributed by atoms with Crippen LogP contribution in [0.15, 0.2) is 47.5 Å². The molecule has 2 unspecified atom stereocenters. The fourth-order valence-electron chi connectivity index (χ4n) is 2.83. The normalized spacial score (nSPS) is 19.3. The molecule has 3 rings (SSSR count). The Hall–Kier alpha value is -1.80. The number of benzene rings is 1. The number of aromatic nitrogens is 1. The molecule has 1 amide bonds. The summed E-state index contributed by atoms with van der Waals surface area (Å²) in [7, 11) is 0. The van der Waals surface area contributed by atoms with E-state index in [1.54, 1.807) is 30.1 Å². The predicted octanol–water partition coefficient (Wildman–Crippen LogP) is 5.26. The number of nitrogens with one attached hydrogen (secondary N) is 1. The summed E-state index contributed by atoms with van der Waals surface area (Å²) in [6.45, 7) is 6.24. The van der Waals surface area contributed by atoms with E-state index in [9.17, 15) is 4.79 Å². The van der Waals surface area contributed by atoms with Crippen LogP contribution < -0.4 is 10.2 Å². The lowest BCUT2D eigenvalue weighted by Crippen LogP contribution is -2.43. The summed E-state index contributed by atoms with van der Waals surface area (Å²) >= 11 is 7.61. The van der Waals surface area contributed by atoms with Crippen molar-refractivity contribution in [2.45, 2.75) is 50.2 Å². The number of hydroxylamine groups is 1. The first-order chi connectivity index (χ1) is 14.3. The highest BCUT2D eigenvalue weighted by molar-refractivity contribution is 7.99. The van der Waals surface area contributed by atoms with E-state index in [4.69, 9.17) is 25.9 Å². The van der Waals surface area contributed by atoms with E-state index in [2.05, 4.69) is 10.5 Å². The van der Waals surface area contributed by atoms with Crippen molar-refractivity contribution < 1.29 is 19.1 Å². The summed E-state index contributed by atoms with van der Waals surface area (Å²) in [5.41, 5.74) is 2.09. The maximum Gasteiger partial charge on any atom is 0.272 e. The largest absolute Gasteiger partial charge is 0.439 e. The van der Waals surface area contributed by atoms with Gasteiger partial charge in [0.05, 0.1) is 10.6 Å². The molecule has 1 N–H and O–H groups in total. The van der Waals surface area contributed by atoms with Gasteiger partial charge in [-0.1, -0.05) is 11.6 Å². The van der Waals surface area contributed by atoms with Crippen LogP contribution in [-0.4, -0.2) is 35.0 Å². The van der Waals surface area contributed by atoms with Crippen molar-refractivity contribution in [3.8, 4) is 11.6 Å². The molecule has 0 spiro atoms. The minimum atomic E-state index is -0.464. The van der Waals surface area contributed by atoms with Crippen LogP contribution in [-0.2, 0) is 14.4 Å². The van der Waals surface area contributed by atoms with E-state index >= 15 is 0 Å². The minimum Gasteiger partial charge on any atom is -0.439 e. The first-order valence-corrected chi connectivity index (χ1v) is 11.3. The van der Waals surface area contributed by atoms with Crippen molar-refractivity contribution >= 4 is 29.3 Å². The van der Waals surface area contributed by atoms with E-state index in [1.165, 1.54) is 0 Å². The first-order valence-electron chi connectivity index (χ1n) is 9.90. The van der Waals surface area contributed by atoms with E-state index in [0.29, 0.717) is 29.8 Å². The lowest BCUT2D eigenvalue weighted by Gasteiger charge is -2.29. The molecular weight excluding hydrogens is 424 g/mol. The fraction of sp³-hybridized carbons (Fsp3) is 0.455. The molecule has 1 saturated heterocycles. The van der Waals surface area contributed by atoms with Gasteiger partial charge < -0.3 is 9.47 Å². The van der Waals surface area contributed by atoms with Crippen molar-refractivity contribution in [1.29, 1.82) is 0 Å². The number of nitrogens with zero attached hydrogens (tertiary/aromatic N) is 1. The van der Waals surface area contributed by atoms with Gasteiger partial charge in [-0.3, -0.25) is 9.63 Å². The predicted molar refractivity (Wildman–Crippen MR) is 118 cm³/mol. The Morgan fingerprint density at radius 2 is 2.03 bits per heavy atom. The van der Waals surface area contributed by atoms with Crippen molar-refractivity contribution in [3.63, 3.8) is 0 Å². The molecule has 2 atom stereocenters. The Morgan fingerprint density at radius 3 is 2.70 bits per heavy atom. The summed E-state index contributed by atoms with van der Waals surface area (Å²) in [5.74, 6) is 2.34. The number of hydrogen-bond donors (Lipinski definition) is 1. The molecule has 1 aliphatic heterocycles. The zero-order valence-corrected chi connectivity index (χ0v) is 19.0. The number of rotatable bonds is 7. The van der Waals surface area contributed by atoms with Gasteiger partial charge in [-0.25, -0.2) is 10.5 Å². The van der Waals surface area contributed by atoms with Crippen molar-refractivity contribution in [3.05, 3.63) is 47.6 Å². The Labute approximate surface area is 186 Å². The van der Waals surface area contributed by atoms with E-state index in [0.717, 1.165) is 22.8 Å². The molecule has 1 aromatic heterocycles. The summed E-state index contributed by atoms with van der Waals surface area (Å²) < 4.78 is 11.4. The summed E-state index contributed by atoms with van der Waals surface area (Å²) in [6, 6.07) is 11.4. The third-order valence-corrected chi connectivity index (χ3v) is 5.84. The maximum atomic E-state index is 12.3. The molecule has 1 aromatic carbocycles. The van der Waals surface area contributed by atoms with Crippen LogP contribution in [0.3, 0.4) is 0 Å². The highest BCUT2D eigenvalue weighted by atomic mass is 35.5. The number of hydrogen-bond acceptors (Lipinski definition) is 6. The molecule has 0 saturated carbocycles. The highest BCUT2D eigenvalue weighted by Crippen LogP contribution is 2.30. The third kappa shape index (κ3) is 7.47. The molecule has 2 aromatic rings. The van der Waals surface area contributed by atoms with Gasteiger partial charge in [0.25, 0.3) is 5.91 Å². The lowest BCUT2D eigenvalue weighted by molar-refractivity contribution is -0.160. The number of carbonyl (C=O) groups is 1. The van der Waals surface area contributed by atoms with Gasteiger partial charge in [0.2, 0.25) is 5.88 Å². The Bertz CT molecular complexity index is 825. The van der Waals surface area contributed by atoms with Crippen molar-refractivity contribution in [2.24, 2.45) is 5.92 Å². The molecule has 0 radical (unpaired) electrons. The van der Waals surface area contributed by atoms with E-state index in [-0.39, 0.29) is 5.91 Å². The smallest absolute Gasteiger partial charge is 0.272 e. The van der Waals surface area contributed by atoms with Crippen molar-refractivity contribution in [2.75, 3.05) is 12.4 Å². The molecule has 2 heterocycles. The zero-order chi connectivity index (χ0) is 21.6. The second kappa shape index (κ2) is 10.5. The van der Waals surface area contributed by atoms with Gasteiger partial charge in [-0.05, 0) is 69.9 Å². The molecule has 8 heteroatoms. The van der Waals surface area contributed by atoms with Crippen LogP contribution in [0.5, 0.6) is 11.6 Å². The average Bonchev–Trinajstić information content (AvgIpc) is 2.73. The van der Waals surface area contributed by atoms with Crippen LogP contribution >= 0.6 is 23.4 Å². The van der Waals surface area contributed by atoms with Crippen LogP contribution in [0, 0.1) is 5.92 Å². The lowest BCUT2D eigenvalue weighted by atomic mass is 9.97. The number of halogens is 1. The molecule has 0 bridgehead atoms. The van der Waals surface area contributed by atoms with Gasteiger partial charge in [0, 0.05) is 29.5 Å². The monoisotopic (exact) mass is 450 g/mol. The van der Waals surface area contributed by atoms with Crippen LogP contribution in [0.25, 0.3) is 0 Å². The minimum absolute atomic E-state index is 0.211. The number of thioether (sulfide) groups is 1. The molecule has 1 fully saturated rings. The molecule has 162 valence electrons. The molecule has 30 heavy (non-hydrogen) atoms. The Morgan fingerprint density at radius 1 is 1.27 bits per heavy atom.